The highest BCUT2D eigenvalue weighted by Crippen LogP contribution is 2.11. The average Bonchev–Trinajstić information content (AvgIpc) is 2.53. The van der Waals surface area contributed by atoms with Crippen LogP contribution in [0.3, 0.4) is 0 Å². The quantitative estimate of drug-likeness (QED) is 0.812. The molecule has 0 spiro atoms. The lowest BCUT2D eigenvalue weighted by molar-refractivity contribution is 0.0695. The number of amides is 1. The van der Waals surface area contributed by atoms with Crippen LogP contribution in [0.25, 0.3) is 0 Å². The van der Waals surface area contributed by atoms with Crippen molar-refractivity contribution in [1.82, 2.24) is 14.9 Å². The third-order valence-corrected chi connectivity index (χ3v) is 3.03. The molecule has 0 radical (unpaired) electrons. The fraction of sp³-hybridized carbons (Fsp3) is 0.385. The van der Waals surface area contributed by atoms with E-state index in [1.807, 2.05) is 4.90 Å². The maximum Gasteiger partial charge on any atom is 0.410 e. The van der Waals surface area contributed by atoms with Gasteiger partial charge in [-0.25, -0.2) is 19.6 Å². The number of anilines is 1. The number of aromatic carboxylic acids is 1. The van der Waals surface area contributed by atoms with Crippen molar-refractivity contribution < 1.29 is 19.4 Å². The molecular formula is C13H16N4O4. The van der Waals surface area contributed by atoms with Crippen LogP contribution in [0.15, 0.2) is 25.0 Å². The molecule has 8 nitrogen and oxygen atoms in total. The summed E-state index contributed by atoms with van der Waals surface area (Å²) < 4.78 is 4.97. The third kappa shape index (κ3) is 3.68. The first-order chi connectivity index (χ1) is 10.1. The van der Waals surface area contributed by atoms with E-state index in [0.29, 0.717) is 32.1 Å². The number of carbonyl (C=O) groups is 2. The van der Waals surface area contributed by atoms with E-state index in [2.05, 4.69) is 16.5 Å². The molecule has 0 bridgehead atoms. The summed E-state index contributed by atoms with van der Waals surface area (Å²) in [6, 6.07) is 0. The minimum absolute atomic E-state index is 0.0467. The van der Waals surface area contributed by atoms with Gasteiger partial charge in [0, 0.05) is 38.6 Å². The van der Waals surface area contributed by atoms with Gasteiger partial charge in [-0.15, -0.1) is 0 Å². The van der Waals surface area contributed by atoms with Crippen LogP contribution in [0.4, 0.5) is 10.7 Å². The highest BCUT2D eigenvalue weighted by molar-refractivity contribution is 5.86. The number of nitrogens with zero attached hydrogens (tertiary/aromatic N) is 4. The zero-order valence-corrected chi connectivity index (χ0v) is 11.4. The van der Waals surface area contributed by atoms with Gasteiger partial charge < -0.3 is 19.6 Å². The van der Waals surface area contributed by atoms with Crippen LogP contribution in [-0.2, 0) is 4.74 Å². The topological polar surface area (TPSA) is 95.9 Å². The molecule has 1 N–H and O–H groups in total. The van der Waals surface area contributed by atoms with Gasteiger partial charge >= 0.3 is 12.1 Å². The normalized spacial score (nSPS) is 14.7. The molecule has 1 aliphatic rings. The maximum atomic E-state index is 11.7. The predicted octanol–water partition coefficient (Wildman–Crippen LogP) is 0.619. The second-order valence-electron chi connectivity index (χ2n) is 4.42. The van der Waals surface area contributed by atoms with Crippen molar-refractivity contribution in [2.75, 3.05) is 37.7 Å². The van der Waals surface area contributed by atoms with Crippen molar-refractivity contribution in [1.29, 1.82) is 0 Å². The molecule has 1 fully saturated rings. The van der Waals surface area contributed by atoms with Gasteiger partial charge in [-0.2, -0.15) is 0 Å². The molecule has 1 aromatic rings. The van der Waals surface area contributed by atoms with E-state index in [9.17, 15) is 9.59 Å². The van der Waals surface area contributed by atoms with Gasteiger partial charge in [0.05, 0.1) is 5.56 Å². The summed E-state index contributed by atoms with van der Waals surface area (Å²) in [5.74, 6) is -0.601. The van der Waals surface area contributed by atoms with E-state index in [1.165, 1.54) is 18.5 Å². The smallest absolute Gasteiger partial charge is 0.410 e. The molecule has 21 heavy (non-hydrogen) atoms. The van der Waals surface area contributed by atoms with Crippen LogP contribution >= 0.6 is 0 Å². The van der Waals surface area contributed by atoms with Gasteiger partial charge in [-0.1, -0.05) is 12.7 Å². The number of carboxylic acids is 1. The fourth-order valence-corrected chi connectivity index (χ4v) is 1.91. The Morgan fingerprint density at radius 2 is 1.90 bits per heavy atom. The summed E-state index contributed by atoms with van der Waals surface area (Å²) >= 11 is 0. The van der Waals surface area contributed by atoms with Crippen molar-refractivity contribution in [3.05, 3.63) is 30.6 Å². The number of aromatic nitrogens is 2. The number of ether oxygens (including phenoxy) is 1. The lowest BCUT2D eigenvalue weighted by atomic mass is 10.3. The molecule has 1 saturated heterocycles. The number of rotatable bonds is 4. The molecule has 112 valence electrons. The van der Waals surface area contributed by atoms with Crippen LogP contribution in [0.5, 0.6) is 0 Å². The minimum Gasteiger partial charge on any atom is -0.478 e. The Balaban J connectivity index is 1.90. The molecular weight excluding hydrogens is 276 g/mol. The molecule has 8 heteroatoms. The van der Waals surface area contributed by atoms with Crippen molar-refractivity contribution >= 4 is 18.0 Å². The zero-order valence-electron chi connectivity index (χ0n) is 11.4. The Morgan fingerprint density at radius 3 is 2.43 bits per heavy atom. The van der Waals surface area contributed by atoms with Crippen molar-refractivity contribution in [2.24, 2.45) is 0 Å². The van der Waals surface area contributed by atoms with Crippen LogP contribution < -0.4 is 4.90 Å². The van der Waals surface area contributed by atoms with Crippen LogP contribution in [0.1, 0.15) is 10.4 Å². The Kier molecular flexibility index (Phi) is 4.70. The van der Waals surface area contributed by atoms with E-state index in [4.69, 9.17) is 9.84 Å². The summed E-state index contributed by atoms with van der Waals surface area (Å²) in [6.45, 7) is 5.81. The van der Waals surface area contributed by atoms with Gasteiger partial charge in [0.25, 0.3) is 0 Å². The largest absolute Gasteiger partial charge is 0.478 e. The standard InChI is InChI=1S/C13H16N4O4/c1-2-7-21-13(20)17-5-3-16(4-6-17)12-14-8-10(9-15-12)11(18)19/h2,8-9H,1,3-7H2,(H,18,19). The second kappa shape index (κ2) is 6.69. The highest BCUT2D eigenvalue weighted by Gasteiger charge is 2.23. The minimum atomic E-state index is -1.06. The molecule has 1 amide bonds. The van der Waals surface area contributed by atoms with Crippen LogP contribution in [0, 0.1) is 0 Å². The first-order valence-corrected chi connectivity index (χ1v) is 6.44. The molecule has 0 atom stereocenters. The highest BCUT2D eigenvalue weighted by atomic mass is 16.6. The molecule has 1 aliphatic heterocycles. The average molecular weight is 292 g/mol. The second-order valence-corrected chi connectivity index (χ2v) is 4.42. The van der Waals surface area contributed by atoms with Gasteiger partial charge in [0.2, 0.25) is 5.95 Å². The Labute approximate surface area is 121 Å². The van der Waals surface area contributed by atoms with Crippen LogP contribution in [0.2, 0.25) is 0 Å². The maximum absolute atomic E-state index is 11.7. The predicted molar refractivity (Wildman–Crippen MR) is 74.3 cm³/mol. The summed E-state index contributed by atoms with van der Waals surface area (Å²) in [7, 11) is 0. The monoisotopic (exact) mass is 292 g/mol. The van der Waals surface area contributed by atoms with E-state index < -0.39 is 5.97 Å². The molecule has 2 rings (SSSR count). The van der Waals surface area contributed by atoms with E-state index in [-0.39, 0.29) is 18.3 Å². The Bertz CT molecular complexity index is 523. The summed E-state index contributed by atoms with van der Waals surface area (Å²) in [5.41, 5.74) is 0.0467. The summed E-state index contributed by atoms with van der Waals surface area (Å²) in [5, 5.41) is 8.79. The van der Waals surface area contributed by atoms with Gasteiger partial charge in [-0.05, 0) is 0 Å². The number of piperazine rings is 1. The van der Waals surface area contributed by atoms with E-state index >= 15 is 0 Å². The number of hydrogen-bond donors (Lipinski definition) is 1. The van der Waals surface area contributed by atoms with E-state index in [0.717, 1.165) is 0 Å². The molecule has 1 aromatic heterocycles. The SMILES string of the molecule is C=CCOC(=O)N1CCN(c2ncc(C(=O)O)cn2)CC1. The third-order valence-electron chi connectivity index (χ3n) is 3.03. The summed E-state index contributed by atoms with van der Waals surface area (Å²) in [4.78, 5) is 33.9. The van der Waals surface area contributed by atoms with E-state index in [1.54, 1.807) is 4.90 Å². The first kappa shape index (κ1) is 14.8. The van der Waals surface area contributed by atoms with Gasteiger partial charge in [0.1, 0.15) is 6.61 Å². The lowest BCUT2D eigenvalue weighted by Gasteiger charge is -2.33. The number of carboxylic acid groups (broad SMARTS) is 1. The van der Waals surface area contributed by atoms with Gasteiger partial charge in [0.15, 0.2) is 0 Å². The van der Waals surface area contributed by atoms with Gasteiger partial charge in [-0.3, -0.25) is 0 Å². The zero-order chi connectivity index (χ0) is 15.2. The first-order valence-electron chi connectivity index (χ1n) is 6.44. The lowest BCUT2D eigenvalue weighted by Crippen LogP contribution is -2.49. The molecule has 0 unspecified atom stereocenters. The Morgan fingerprint density at radius 1 is 1.29 bits per heavy atom. The molecule has 2 heterocycles. The van der Waals surface area contributed by atoms with Crippen molar-refractivity contribution in [3.8, 4) is 0 Å². The summed E-state index contributed by atoms with van der Waals surface area (Å²) in [6.07, 6.45) is 3.70. The van der Waals surface area contributed by atoms with Crippen LogP contribution in [-0.4, -0.2) is 64.8 Å². The molecule has 0 aromatic carbocycles. The Hall–Kier alpha value is -2.64. The van der Waals surface area contributed by atoms with Crippen molar-refractivity contribution in [3.63, 3.8) is 0 Å². The van der Waals surface area contributed by atoms with Crippen molar-refractivity contribution in [2.45, 2.75) is 0 Å². The fourth-order valence-electron chi connectivity index (χ4n) is 1.91. The number of carbonyl (C=O) groups excluding carboxylic acids is 1. The molecule has 0 saturated carbocycles. The molecule has 0 aliphatic carbocycles. The number of hydrogen-bond acceptors (Lipinski definition) is 6.